The van der Waals surface area contributed by atoms with Crippen LogP contribution in [0.3, 0.4) is 0 Å². The number of aromatic hydroxyl groups is 1. The van der Waals surface area contributed by atoms with Gasteiger partial charge in [-0.15, -0.1) is 0 Å². The van der Waals surface area contributed by atoms with Crippen LogP contribution < -0.4 is 15.4 Å². The number of carbonyl (C=O) groups is 4. The number of nitrogens with zero attached hydrogens (tertiary/aromatic N) is 2. The number of aldehydes is 1. The number of aliphatic imine (C=N–C) groups is 1. The van der Waals surface area contributed by atoms with Gasteiger partial charge in [0.05, 0.1) is 47.1 Å². The number of rotatable bonds is 5. The van der Waals surface area contributed by atoms with Crippen LogP contribution in [0.15, 0.2) is 52.5 Å². The van der Waals surface area contributed by atoms with Gasteiger partial charge in [0.25, 0.3) is 5.91 Å². The summed E-state index contributed by atoms with van der Waals surface area (Å²) in [6.45, 7) is 19.7. The van der Waals surface area contributed by atoms with Gasteiger partial charge in [-0.1, -0.05) is 59.8 Å². The van der Waals surface area contributed by atoms with Crippen molar-refractivity contribution in [2.45, 2.75) is 118 Å². The van der Waals surface area contributed by atoms with Crippen molar-refractivity contribution in [2.75, 3.05) is 26.7 Å². The lowest BCUT2D eigenvalue weighted by atomic mass is 9.78. The second kappa shape index (κ2) is 19.5. The van der Waals surface area contributed by atoms with Crippen LogP contribution in [-0.4, -0.2) is 113 Å². The Kier molecular flexibility index (Phi) is 15.1. The molecule has 15 heteroatoms. The number of piperidine rings is 1. The van der Waals surface area contributed by atoms with E-state index in [0.29, 0.717) is 25.0 Å². The number of likely N-dealkylation sites (tertiary alicyclic amines) is 1. The highest BCUT2D eigenvalue weighted by Gasteiger charge is 2.48. The number of Topliss-reactive ketones (excluding diaryl/α,β-unsaturated/α-hetero) is 1. The van der Waals surface area contributed by atoms with E-state index < -0.39 is 83.4 Å². The lowest BCUT2D eigenvalue weighted by Crippen LogP contribution is -2.50. The predicted octanol–water partition coefficient (Wildman–Crippen LogP) is 4.86. The molecule has 1 aromatic rings. The van der Waals surface area contributed by atoms with Gasteiger partial charge in [0.1, 0.15) is 29.0 Å². The Morgan fingerprint density at radius 3 is 2.30 bits per heavy atom. The molecule has 6 rings (SSSR count). The molecular formula is C46H64N4O11. The zero-order chi connectivity index (χ0) is 45.1. The minimum absolute atomic E-state index is 0.0156. The number of ketones is 1. The van der Waals surface area contributed by atoms with Crippen LogP contribution in [-0.2, 0) is 23.8 Å². The number of fused-ring (bicyclic) bond motifs is 17. The maximum Gasteiger partial charge on any atom is 0.302 e. The Morgan fingerprint density at radius 1 is 1.02 bits per heavy atom. The average Bonchev–Trinajstić information content (AvgIpc) is 3.59. The van der Waals surface area contributed by atoms with Crippen LogP contribution in [0, 0.1) is 36.5 Å². The predicted molar refractivity (Wildman–Crippen MR) is 229 cm³/mol. The molecule has 0 saturated carbocycles. The molecule has 1 saturated heterocycles. The lowest BCUT2D eigenvalue weighted by molar-refractivity contribution is -0.160. The molecule has 5 aliphatic rings. The number of aliphatic hydroxyl groups is 2. The van der Waals surface area contributed by atoms with E-state index >= 15 is 0 Å². The highest BCUT2D eigenvalue weighted by atomic mass is 16.7. The number of ether oxygens (including phenoxy) is 4. The summed E-state index contributed by atoms with van der Waals surface area (Å²) >= 11 is 0. The van der Waals surface area contributed by atoms with Gasteiger partial charge in [0, 0.05) is 93.8 Å². The molecule has 4 bridgehead atoms. The van der Waals surface area contributed by atoms with Crippen molar-refractivity contribution in [3.05, 3.63) is 69.8 Å². The topological polar surface area (TPSA) is 206 Å². The molecule has 1 spiro atoms. The van der Waals surface area contributed by atoms with E-state index in [0.717, 1.165) is 19.6 Å². The van der Waals surface area contributed by atoms with Crippen LogP contribution in [0.2, 0.25) is 0 Å². The molecule has 334 valence electrons. The third-order valence-electron chi connectivity index (χ3n) is 12.4. The maximum atomic E-state index is 14.6. The first-order valence-electron chi connectivity index (χ1n) is 21.2. The highest BCUT2D eigenvalue weighted by molar-refractivity contribution is 6.33. The van der Waals surface area contributed by atoms with E-state index in [1.165, 1.54) is 27.2 Å². The monoisotopic (exact) mass is 848 g/mol. The van der Waals surface area contributed by atoms with Crippen molar-refractivity contribution in [1.29, 1.82) is 0 Å². The lowest BCUT2D eigenvalue weighted by Gasteiger charge is -2.38. The Hall–Kier alpha value is -4.83. The van der Waals surface area contributed by atoms with Gasteiger partial charge in [0.15, 0.2) is 6.29 Å². The Morgan fingerprint density at radius 2 is 1.69 bits per heavy atom. The molecule has 61 heavy (non-hydrogen) atoms. The molecule has 4 heterocycles. The maximum absolute atomic E-state index is 14.6. The highest BCUT2D eigenvalue weighted by Crippen LogP contribution is 2.45. The van der Waals surface area contributed by atoms with Gasteiger partial charge in [-0.05, 0) is 25.8 Å². The van der Waals surface area contributed by atoms with Crippen molar-refractivity contribution in [3.8, 4) is 11.5 Å². The fourth-order valence-electron chi connectivity index (χ4n) is 8.86. The number of nitrogens with one attached hydrogen (secondary N) is 2. The van der Waals surface area contributed by atoms with E-state index in [2.05, 4.69) is 29.4 Å². The molecule has 9 atom stereocenters. The van der Waals surface area contributed by atoms with E-state index in [4.69, 9.17) is 23.9 Å². The van der Waals surface area contributed by atoms with E-state index in [1.807, 2.05) is 6.92 Å². The van der Waals surface area contributed by atoms with Crippen LogP contribution >= 0.6 is 0 Å². The molecule has 4 aliphatic heterocycles. The summed E-state index contributed by atoms with van der Waals surface area (Å²) in [6, 6.07) is 0. The molecule has 5 N–H and O–H groups in total. The normalized spacial score (nSPS) is 32.0. The summed E-state index contributed by atoms with van der Waals surface area (Å²) in [7, 11) is 1.48. The quantitative estimate of drug-likeness (QED) is 0.199. The largest absolute Gasteiger partial charge is 0.507 e. The standard InChI is InChI=1S/C46H64N4O11/c1-23(2)21-50-18-16-46(17-19-50)48-36-34-32(22-51)44-29(8)41(55)35(34)42(56)38(37(36)49-46)47-45(57)25(4)14-12-13-24(3)39(53)27(6)40(54)28(7)43(60-30(9)52)26(5)33(58-11)15-20-59-31(10)61-44/h12-15,20,22-24,26-28,31,33,39-40,43,49,53-55H,16-19,21H2,1-11H3,(H,47,57)/b13-12+,20-15+,25-14-/t24-,26+,27+,28+,31+,33-,39-,40+,43+/m0/s1. The molecule has 0 unspecified atom stereocenters. The zero-order valence-corrected chi connectivity index (χ0v) is 37.3. The molecular weight excluding hydrogens is 785 g/mol. The first-order chi connectivity index (χ1) is 28.7. The van der Waals surface area contributed by atoms with Crippen LogP contribution in [0.1, 0.15) is 107 Å². The first-order valence-corrected chi connectivity index (χ1v) is 21.2. The number of phenols is 1. The smallest absolute Gasteiger partial charge is 0.302 e. The number of carbonyl (C=O) groups excluding carboxylic acids is 4. The Bertz CT molecular complexity index is 2010. The second-order valence-electron chi connectivity index (χ2n) is 17.5. The molecule has 0 aromatic heterocycles. The number of phenolic OH excluding ortho intramolecular Hbond substituents is 1. The van der Waals surface area contributed by atoms with Gasteiger partial charge < -0.3 is 49.8 Å². The SMILES string of the molecule is CO[C@H]1/C=C/O[C@@H](C)Oc2c(C)c(O)c3c(c2C=O)C2=NC4(CCN(CC(C)C)CC4)NC2=C(NC(=O)/C(C)=C\C=C\[C@H](C)[C@H](O)[C@@H](C)[C@@H](O)[C@@H](C)[C@H](OC(C)=O)[C@@H]1C)C3=O. The van der Waals surface area contributed by atoms with Crippen molar-refractivity contribution in [1.82, 2.24) is 15.5 Å². The number of benzene rings is 1. The van der Waals surface area contributed by atoms with E-state index in [-0.39, 0.29) is 50.7 Å². The van der Waals surface area contributed by atoms with Gasteiger partial charge >= 0.3 is 5.97 Å². The molecule has 15 nitrogen and oxygen atoms in total. The summed E-state index contributed by atoms with van der Waals surface area (Å²) in [6.07, 6.45) is 4.87. The number of amides is 1. The summed E-state index contributed by atoms with van der Waals surface area (Å²) in [4.78, 5) is 61.5. The van der Waals surface area contributed by atoms with Crippen molar-refractivity contribution in [3.63, 3.8) is 0 Å². The van der Waals surface area contributed by atoms with Crippen LogP contribution in [0.5, 0.6) is 11.5 Å². The molecule has 1 aromatic carbocycles. The summed E-state index contributed by atoms with van der Waals surface area (Å²) in [5.74, 6) is -4.14. The van der Waals surface area contributed by atoms with Gasteiger partial charge in [-0.2, -0.15) is 0 Å². The Labute approximate surface area is 358 Å². The Balaban J connectivity index is 1.64. The second-order valence-corrected chi connectivity index (χ2v) is 17.5. The van der Waals surface area contributed by atoms with Crippen molar-refractivity contribution < 1.29 is 53.4 Å². The molecule has 0 radical (unpaired) electrons. The number of methoxy groups -OCH3 is 1. The minimum Gasteiger partial charge on any atom is -0.507 e. The van der Waals surface area contributed by atoms with Crippen molar-refractivity contribution >= 4 is 29.7 Å². The van der Waals surface area contributed by atoms with E-state index in [9.17, 15) is 34.5 Å². The van der Waals surface area contributed by atoms with Crippen LogP contribution in [0.25, 0.3) is 0 Å². The molecule has 1 fully saturated rings. The fourth-order valence-corrected chi connectivity index (χ4v) is 8.86. The molecule has 1 amide bonds. The summed E-state index contributed by atoms with van der Waals surface area (Å²) in [5, 5.41) is 41.0. The third kappa shape index (κ3) is 9.95. The zero-order valence-electron chi connectivity index (χ0n) is 37.3. The fraction of sp³-hybridized carbons (Fsp3) is 0.587. The minimum atomic E-state index is -1.10. The van der Waals surface area contributed by atoms with Crippen LogP contribution in [0.4, 0.5) is 0 Å². The average molecular weight is 849 g/mol. The third-order valence-corrected chi connectivity index (χ3v) is 12.4. The summed E-state index contributed by atoms with van der Waals surface area (Å²) < 4.78 is 23.7. The number of esters is 1. The first kappa shape index (κ1) is 47.2. The number of allylic oxidation sites excluding steroid dienone is 4. The van der Waals surface area contributed by atoms with Gasteiger partial charge in [-0.25, -0.2) is 0 Å². The summed E-state index contributed by atoms with van der Waals surface area (Å²) in [5.41, 5.74) is -0.257. The molecule has 1 aliphatic carbocycles. The number of aliphatic hydroxyl groups excluding tert-OH is 2. The van der Waals surface area contributed by atoms with Gasteiger partial charge in [-0.3, -0.25) is 24.2 Å². The van der Waals surface area contributed by atoms with Gasteiger partial charge in [0.2, 0.25) is 12.1 Å². The van der Waals surface area contributed by atoms with Crippen molar-refractivity contribution in [2.24, 2.45) is 34.6 Å². The van der Waals surface area contributed by atoms with E-state index in [1.54, 1.807) is 58.9 Å². The number of hydrogen-bond acceptors (Lipinski definition) is 14. The number of hydrogen-bond donors (Lipinski definition) is 5.